The molecular formula is C27H26F2N6O3. The molecule has 0 aliphatic carbocycles. The molecule has 196 valence electrons. The summed E-state index contributed by atoms with van der Waals surface area (Å²) in [5.74, 6) is -1.06. The molecule has 0 N–H and O–H groups in total. The predicted octanol–water partition coefficient (Wildman–Crippen LogP) is 4.33. The molecule has 0 bridgehead atoms. The molecule has 3 aromatic heterocycles. The summed E-state index contributed by atoms with van der Waals surface area (Å²) in [5, 5.41) is 4.28. The number of halogens is 2. The average molecular weight is 521 g/mol. The van der Waals surface area contributed by atoms with Gasteiger partial charge in [-0.2, -0.15) is 5.10 Å². The van der Waals surface area contributed by atoms with Gasteiger partial charge in [0.2, 0.25) is 0 Å². The second-order valence-corrected chi connectivity index (χ2v) is 9.09. The number of carbonyl (C=O) groups is 1. The fraction of sp³-hybridized carbons (Fsp3) is 0.296. The molecule has 1 aromatic carbocycles. The molecule has 38 heavy (non-hydrogen) atoms. The first-order valence-corrected chi connectivity index (χ1v) is 12.1. The molecule has 0 atom stereocenters. The number of pyridine rings is 1. The normalized spacial score (nSPS) is 14.7. The summed E-state index contributed by atoms with van der Waals surface area (Å²) in [4.78, 5) is 28.2. The van der Waals surface area contributed by atoms with E-state index in [0.717, 1.165) is 11.6 Å². The monoisotopic (exact) mass is 520 g/mol. The summed E-state index contributed by atoms with van der Waals surface area (Å²) in [7, 11) is 3.16. The molecule has 1 aliphatic heterocycles. The van der Waals surface area contributed by atoms with Crippen molar-refractivity contribution in [1.29, 1.82) is 0 Å². The number of rotatable bonds is 6. The maximum atomic E-state index is 14.1. The Morgan fingerprint density at radius 2 is 1.89 bits per heavy atom. The van der Waals surface area contributed by atoms with Crippen LogP contribution in [0.15, 0.2) is 48.4 Å². The van der Waals surface area contributed by atoms with Gasteiger partial charge in [-0.15, -0.1) is 0 Å². The SMILES string of the molecule is COC(=O)C(C)=Cc1cc2nc(N3CCC(Oc4ccc(F)cc4F)CC3)c(-c3cnn(C)c3)nc2cn1. The van der Waals surface area contributed by atoms with Crippen molar-refractivity contribution < 1.29 is 23.0 Å². The smallest absolute Gasteiger partial charge is 0.333 e. The van der Waals surface area contributed by atoms with Crippen LogP contribution in [-0.4, -0.2) is 57.0 Å². The fourth-order valence-electron chi connectivity index (χ4n) is 4.38. The second kappa shape index (κ2) is 10.5. The number of hydrogen-bond donors (Lipinski definition) is 0. The van der Waals surface area contributed by atoms with Gasteiger partial charge in [-0.1, -0.05) is 0 Å². The summed E-state index contributed by atoms with van der Waals surface area (Å²) < 4.78 is 39.6. The van der Waals surface area contributed by atoms with Crippen molar-refractivity contribution in [3.63, 3.8) is 0 Å². The zero-order chi connectivity index (χ0) is 26.8. The van der Waals surface area contributed by atoms with Crippen LogP contribution in [0.3, 0.4) is 0 Å². The molecule has 4 heterocycles. The van der Waals surface area contributed by atoms with Crippen molar-refractivity contribution in [1.82, 2.24) is 24.7 Å². The van der Waals surface area contributed by atoms with Gasteiger partial charge < -0.3 is 14.4 Å². The van der Waals surface area contributed by atoms with Crippen LogP contribution in [0.4, 0.5) is 14.6 Å². The van der Waals surface area contributed by atoms with Crippen LogP contribution in [0.1, 0.15) is 25.5 Å². The molecule has 0 spiro atoms. The zero-order valence-electron chi connectivity index (χ0n) is 21.2. The van der Waals surface area contributed by atoms with E-state index in [1.165, 1.54) is 19.2 Å². The standard InChI is InChI=1S/C27H26F2N6O3/c1-16(27(36)37-3)10-19-12-22-23(14-30-19)32-25(17-13-31-34(2)15-17)26(33-22)35-8-6-20(7-9-35)38-24-5-4-18(28)11-21(24)29/h4-5,10-15,20H,6-9H2,1-3H3. The van der Waals surface area contributed by atoms with E-state index >= 15 is 0 Å². The van der Waals surface area contributed by atoms with E-state index in [9.17, 15) is 13.6 Å². The fourth-order valence-corrected chi connectivity index (χ4v) is 4.38. The van der Waals surface area contributed by atoms with Gasteiger partial charge in [0.25, 0.3) is 0 Å². The van der Waals surface area contributed by atoms with Crippen LogP contribution >= 0.6 is 0 Å². The molecule has 9 nitrogen and oxygen atoms in total. The van der Waals surface area contributed by atoms with E-state index in [-0.39, 0.29) is 11.9 Å². The lowest BCUT2D eigenvalue weighted by molar-refractivity contribution is -0.135. The molecular weight excluding hydrogens is 494 g/mol. The maximum absolute atomic E-state index is 14.1. The van der Waals surface area contributed by atoms with Gasteiger partial charge in [0, 0.05) is 56.4 Å². The van der Waals surface area contributed by atoms with Gasteiger partial charge in [0.1, 0.15) is 23.1 Å². The van der Waals surface area contributed by atoms with Crippen molar-refractivity contribution >= 4 is 28.9 Å². The van der Waals surface area contributed by atoms with Crippen LogP contribution in [0.25, 0.3) is 28.4 Å². The summed E-state index contributed by atoms with van der Waals surface area (Å²) in [6.07, 6.45) is 7.88. The number of anilines is 1. The first-order valence-electron chi connectivity index (χ1n) is 12.1. The average Bonchev–Trinajstić information content (AvgIpc) is 3.35. The van der Waals surface area contributed by atoms with Crippen molar-refractivity contribution in [2.24, 2.45) is 7.05 Å². The number of carbonyl (C=O) groups excluding carboxylic acids is 1. The Morgan fingerprint density at radius 3 is 2.58 bits per heavy atom. The topological polar surface area (TPSA) is 95.3 Å². The summed E-state index contributed by atoms with van der Waals surface area (Å²) >= 11 is 0. The molecule has 1 aliphatic rings. The minimum atomic E-state index is -0.715. The first-order chi connectivity index (χ1) is 18.3. The van der Waals surface area contributed by atoms with Crippen LogP contribution < -0.4 is 9.64 Å². The van der Waals surface area contributed by atoms with E-state index in [1.807, 2.05) is 13.2 Å². The maximum Gasteiger partial charge on any atom is 0.333 e. The van der Waals surface area contributed by atoms with Gasteiger partial charge in [0.15, 0.2) is 17.4 Å². The molecule has 1 saturated heterocycles. The van der Waals surface area contributed by atoms with Crippen LogP contribution in [-0.2, 0) is 16.6 Å². The summed E-state index contributed by atoms with van der Waals surface area (Å²) in [6.45, 7) is 2.85. The lowest BCUT2D eigenvalue weighted by Crippen LogP contribution is -2.39. The van der Waals surface area contributed by atoms with Crippen molar-refractivity contribution in [2.75, 3.05) is 25.1 Å². The number of hydrogen-bond acceptors (Lipinski definition) is 8. The summed E-state index contributed by atoms with van der Waals surface area (Å²) in [5.41, 5.74) is 3.69. The molecule has 0 unspecified atom stereocenters. The number of ether oxygens (including phenoxy) is 2. The van der Waals surface area contributed by atoms with Gasteiger partial charge in [0.05, 0.1) is 30.7 Å². The number of aryl methyl sites for hydroxylation is 1. The molecule has 5 rings (SSSR count). The molecule has 0 amide bonds. The number of piperidine rings is 1. The van der Waals surface area contributed by atoms with Gasteiger partial charge >= 0.3 is 5.97 Å². The highest BCUT2D eigenvalue weighted by molar-refractivity contribution is 5.93. The predicted molar refractivity (Wildman–Crippen MR) is 137 cm³/mol. The summed E-state index contributed by atoms with van der Waals surface area (Å²) in [6, 6.07) is 5.09. The Bertz CT molecular complexity index is 1530. The lowest BCUT2D eigenvalue weighted by atomic mass is 10.1. The Morgan fingerprint density at radius 1 is 1.11 bits per heavy atom. The molecule has 1 fully saturated rings. The molecule has 0 saturated carbocycles. The van der Waals surface area contributed by atoms with E-state index in [0.29, 0.717) is 59.7 Å². The highest BCUT2D eigenvalue weighted by Gasteiger charge is 2.26. The molecule has 11 heteroatoms. The molecule has 0 radical (unpaired) electrons. The van der Waals surface area contributed by atoms with E-state index in [2.05, 4.69) is 15.0 Å². The van der Waals surface area contributed by atoms with Crippen LogP contribution in [0.2, 0.25) is 0 Å². The van der Waals surface area contributed by atoms with Crippen molar-refractivity contribution in [3.8, 4) is 17.0 Å². The van der Waals surface area contributed by atoms with E-state index in [1.54, 1.807) is 36.1 Å². The minimum absolute atomic E-state index is 0.0433. The van der Waals surface area contributed by atoms with E-state index < -0.39 is 17.6 Å². The van der Waals surface area contributed by atoms with Crippen LogP contribution in [0.5, 0.6) is 5.75 Å². The van der Waals surface area contributed by atoms with Crippen molar-refractivity contribution in [2.45, 2.75) is 25.9 Å². The highest BCUT2D eigenvalue weighted by atomic mass is 19.1. The lowest BCUT2D eigenvalue weighted by Gasteiger charge is -2.33. The Labute approximate surface area is 217 Å². The molecule has 4 aromatic rings. The quantitative estimate of drug-likeness (QED) is 0.274. The van der Waals surface area contributed by atoms with Gasteiger partial charge in [-0.05, 0) is 31.2 Å². The first kappa shape index (κ1) is 25.2. The Balaban J connectivity index is 1.44. The third-order valence-corrected chi connectivity index (χ3v) is 6.33. The number of methoxy groups -OCH3 is 1. The van der Waals surface area contributed by atoms with Crippen molar-refractivity contribution in [3.05, 3.63) is 65.8 Å². The number of aromatic nitrogens is 5. The third kappa shape index (κ3) is 5.31. The second-order valence-electron chi connectivity index (χ2n) is 9.09. The third-order valence-electron chi connectivity index (χ3n) is 6.33. The number of benzene rings is 1. The number of esters is 1. The van der Waals surface area contributed by atoms with Crippen LogP contribution in [0, 0.1) is 11.6 Å². The number of nitrogens with zero attached hydrogens (tertiary/aromatic N) is 6. The highest BCUT2D eigenvalue weighted by Crippen LogP contribution is 2.32. The minimum Gasteiger partial charge on any atom is -0.487 e. The largest absolute Gasteiger partial charge is 0.487 e. The van der Waals surface area contributed by atoms with E-state index in [4.69, 9.17) is 19.4 Å². The Kier molecular flexibility index (Phi) is 6.99. The zero-order valence-corrected chi connectivity index (χ0v) is 21.2. The van der Waals surface area contributed by atoms with Gasteiger partial charge in [-0.25, -0.2) is 23.5 Å². The number of fused-ring (bicyclic) bond motifs is 1. The Hall–Kier alpha value is -4.41. The van der Waals surface area contributed by atoms with Gasteiger partial charge in [-0.3, -0.25) is 9.67 Å².